The Hall–Kier alpha value is -1.60. The Morgan fingerprint density at radius 3 is 2.62 bits per heavy atom. The van der Waals surface area contributed by atoms with Gasteiger partial charge < -0.3 is 10.5 Å². The quantitative estimate of drug-likeness (QED) is 0.637. The fourth-order valence-corrected chi connectivity index (χ4v) is 4.23. The molecule has 0 saturated heterocycles. The Bertz CT molecular complexity index is 638. The van der Waals surface area contributed by atoms with Gasteiger partial charge in [0, 0.05) is 18.3 Å². The number of rotatable bonds is 6. The Morgan fingerprint density at radius 1 is 1.43 bits per heavy atom. The lowest BCUT2D eigenvalue weighted by Gasteiger charge is -2.22. The first-order chi connectivity index (χ1) is 9.91. The van der Waals surface area contributed by atoms with Crippen molar-refractivity contribution >= 4 is 21.7 Å². The number of sulfonamides is 1. The lowest BCUT2D eigenvalue weighted by molar-refractivity contribution is 0.0596. The number of anilines is 1. The molecule has 1 saturated carbocycles. The fraction of sp³-hybridized carbons (Fsp3) is 0.500. The molecule has 1 fully saturated rings. The summed E-state index contributed by atoms with van der Waals surface area (Å²) in [6.07, 6.45) is 2.43. The van der Waals surface area contributed by atoms with Crippen molar-refractivity contribution in [2.75, 3.05) is 19.4 Å². The molecular weight excluding hydrogens is 292 g/mol. The van der Waals surface area contributed by atoms with Crippen molar-refractivity contribution in [1.29, 1.82) is 0 Å². The van der Waals surface area contributed by atoms with Crippen LogP contribution in [0, 0.1) is 0 Å². The van der Waals surface area contributed by atoms with Crippen molar-refractivity contribution in [1.82, 2.24) is 4.31 Å². The first-order valence-electron chi connectivity index (χ1n) is 6.91. The van der Waals surface area contributed by atoms with Gasteiger partial charge in [0.05, 0.1) is 17.6 Å². The molecule has 0 atom stereocenters. The molecule has 0 aliphatic heterocycles. The molecule has 116 valence electrons. The first kappa shape index (κ1) is 15.8. The van der Waals surface area contributed by atoms with E-state index in [1.54, 1.807) is 0 Å². The summed E-state index contributed by atoms with van der Waals surface area (Å²) in [6, 6.07) is 4.24. The number of benzene rings is 1. The van der Waals surface area contributed by atoms with Crippen molar-refractivity contribution < 1.29 is 17.9 Å². The maximum absolute atomic E-state index is 12.9. The van der Waals surface area contributed by atoms with Crippen LogP contribution in [0.1, 0.15) is 36.5 Å². The maximum Gasteiger partial charge on any atom is 0.339 e. The number of carbonyl (C=O) groups excluding carboxylic acids is 1. The predicted octanol–water partition coefficient (Wildman–Crippen LogP) is 1.62. The third kappa shape index (κ3) is 3.19. The van der Waals surface area contributed by atoms with Crippen LogP contribution in [0.5, 0.6) is 0 Å². The molecule has 0 spiro atoms. The maximum atomic E-state index is 12.9. The van der Waals surface area contributed by atoms with Crippen molar-refractivity contribution in [3.05, 3.63) is 23.8 Å². The summed E-state index contributed by atoms with van der Waals surface area (Å²) >= 11 is 0. The Morgan fingerprint density at radius 2 is 2.10 bits per heavy atom. The van der Waals surface area contributed by atoms with E-state index in [1.807, 2.05) is 6.92 Å². The second-order valence-corrected chi connectivity index (χ2v) is 6.95. The van der Waals surface area contributed by atoms with E-state index >= 15 is 0 Å². The zero-order valence-corrected chi connectivity index (χ0v) is 13.0. The molecule has 1 aliphatic carbocycles. The van der Waals surface area contributed by atoms with Crippen LogP contribution in [-0.4, -0.2) is 38.4 Å². The van der Waals surface area contributed by atoms with E-state index in [2.05, 4.69) is 4.74 Å². The summed E-state index contributed by atoms with van der Waals surface area (Å²) in [5.74, 6) is -0.680. The lowest BCUT2D eigenvalue weighted by atomic mass is 10.2. The smallest absolute Gasteiger partial charge is 0.339 e. The minimum Gasteiger partial charge on any atom is -0.465 e. The van der Waals surface area contributed by atoms with Gasteiger partial charge in [-0.15, -0.1) is 0 Å². The van der Waals surface area contributed by atoms with Gasteiger partial charge in [-0.25, -0.2) is 13.2 Å². The molecule has 0 radical (unpaired) electrons. The lowest BCUT2D eigenvalue weighted by Crippen LogP contribution is -2.34. The monoisotopic (exact) mass is 312 g/mol. The number of carbonyl (C=O) groups is 1. The molecule has 0 unspecified atom stereocenters. The molecule has 6 nitrogen and oxygen atoms in total. The van der Waals surface area contributed by atoms with Crippen LogP contribution in [0.25, 0.3) is 0 Å². The van der Waals surface area contributed by atoms with Gasteiger partial charge in [-0.1, -0.05) is 6.92 Å². The molecule has 2 rings (SSSR count). The van der Waals surface area contributed by atoms with E-state index in [0.717, 1.165) is 12.8 Å². The van der Waals surface area contributed by atoms with Gasteiger partial charge in [0.25, 0.3) is 0 Å². The number of ether oxygens (including phenoxy) is 1. The van der Waals surface area contributed by atoms with Crippen LogP contribution in [-0.2, 0) is 14.8 Å². The Labute approximate surface area is 124 Å². The fourth-order valence-electron chi connectivity index (χ4n) is 2.24. The number of methoxy groups -OCH3 is 1. The number of nitrogen functional groups attached to an aromatic ring is 1. The zero-order valence-electron chi connectivity index (χ0n) is 12.2. The van der Waals surface area contributed by atoms with E-state index in [-0.39, 0.29) is 16.5 Å². The number of nitrogens with zero attached hydrogens (tertiary/aromatic N) is 1. The van der Waals surface area contributed by atoms with Crippen LogP contribution in [0.3, 0.4) is 0 Å². The molecule has 1 aromatic carbocycles. The average molecular weight is 312 g/mol. The normalized spacial score (nSPS) is 15.2. The van der Waals surface area contributed by atoms with E-state index in [4.69, 9.17) is 5.73 Å². The molecule has 7 heteroatoms. The van der Waals surface area contributed by atoms with Crippen LogP contribution in [0.4, 0.5) is 5.69 Å². The molecule has 0 amide bonds. The van der Waals surface area contributed by atoms with Gasteiger partial charge in [0.15, 0.2) is 0 Å². The highest BCUT2D eigenvalue weighted by molar-refractivity contribution is 7.89. The van der Waals surface area contributed by atoms with Gasteiger partial charge in [0.1, 0.15) is 0 Å². The van der Waals surface area contributed by atoms with Crippen molar-refractivity contribution in [3.63, 3.8) is 0 Å². The van der Waals surface area contributed by atoms with E-state index in [9.17, 15) is 13.2 Å². The van der Waals surface area contributed by atoms with Crippen molar-refractivity contribution in [2.24, 2.45) is 0 Å². The van der Waals surface area contributed by atoms with Gasteiger partial charge in [0.2, 0.25) is 10.0 Å². The second kappa shape index (κ2) is 6.03. The van der Waals surface area contributed by atoms with Crippen molar-refractivity contribution in [3.8, 4) is 0 Å². The van der Waals surface area contributed by atoms with Gasteiger partial charge in [-0.05, 0) is 37.5 Å². The van der Waals surface area contributed by atoms with Crippen LogP contribution >= 0.6 is 0 Å². The molecule has 0 aromatic heterocycles. The minimum atomic E-state index is -3.76. The molecule has 21 heavy (non-hydrogen) atoms. The highest BCUT2D eigenvalue weighted by Crippen LogP contribution is 2.33. The van der Waals surface area contributed by atoms with Crippen molar-refractivity contribution in [2.45, 2.75) is 37.1 Å². The largest absolute Gasteiger partial charge is 0.465 e. The SMILES string of the molecule is CCCN(C1CC1)S(=O)(=O)c1cc(N)ccc1C(=O)OC. The molecule has 0 heterocycles. The van der Waals surface area contributed by atoms with Gasteiger partial charge in [-0.2, -0.15) is 4.31 Å². The third-order valence-electron chi connectivity index (χ3n) is 3.40. The first-order valence-corrected chi connectivity index (χ1v) is 8.35. The number of hydrogen-bond donors (Lipinski definition) is 1. The standard InChI is InChI=1S/C14H20N2O4S/c1-3-8-16(11-5-6-11)21(18,19)13-9-10(15)4-7-12(13)14(17)20-2/h4,7,9,11H,3,5-6,8,15H2,1-2H3. The van der Waals surface area contributed by atoms with Gasteiger partial charge in [-0.3, -0.25) is 0 Å². The van der Waals surface area contributed by atoms with E-state index < -0.39 is 16.0 Å². The second-order valence-electron chi connectivity index (χ2n) is 5.09. The van der Waals surface area contributed by atoms with E-state index in [1.165, 1.54) is 29.6 Å². The summed E-state index contributed by atoms with van der Waals surface area (Å²) in [7, 11) is -2.53. The summed E-state index contributed by atoms with van der Waals surface area (Å²) in [5, 5.41) is 0. The minimum absolute atomic E-state index is 0.0217. The molecule has 2 N–H and O–H groups in total. The van der Waals surface area contributed by atoms with Crippen LogP contribution in [0.2, 0.25) is 0 Å². The highest BCUT2D eigenvalue weighted by Gasteiger charge is 2.39. The Balaban J connectivity index is 2.52. The third-order valence-corrected chi connectivity index (χ3v) is 5.39. The Kier molecular flexibility index (Phi) is 4.53. The predicted molar refractivity (Wildman–Crippen MR) is 79.4 cm³/mol. The molecule has 1 aromatic rings. The molecular formula is C14H20N2O4S. The number of esters is 1. The number of hydrogen-bond acceptors (Lipinski definition) is 5. The topological polar surface area (TPSA) is 89.7 Å². The van der Waals surface area contributed by atoms with E-state index in [0.29, 0.717) is 18.7 Å². The summed E-state index contributed by atoms with van der Waals surface area (Å²) in [5.41, 5.74) is 6.02. The number of nitrogens with two attached hydrogens (primary N) is 1. The molecule has 1 aliphatic rings. The summed E-state index contributed by atoms with van der Waals surface area (Å²) < 4.78 is 31.9. The van der Waals surface area contributed by atoms with Gasteiger partial charge >= 0.3 is 5.97 Å². The molecule has 0 bridgehead atoms. The van der Waals surface area contributed by atoms with Crippen LogP contribution in [0.15, 0.2) is 23.1 Å². The summed E-state index contributed by atoms with van der Waals surface area (Å²) in [4.78, 5) is 11.7. The zero-order chi connectivity index (χ0) is 15.6. The summed E-state index contributed by atoms with van der Waals surface area (Å²) in [6.45, 7) is 2.36. The highest BCUT2D eigenvalue weighted by atomic mass is 32.2. The van der Waals surface area contributed by atoms with Crippen LogP contribution < -0.4 is 5.73 Å². The average Bonchev–Trinajstić information content (AvgIpc) is 3.28.